The molecule has 1 aliphatic rings. The fourth-order valence-corrected chi connectivity index (χ4v) is 3.07. The number of aliphatic carboxylic acids is 1. The molecule has 0 amide bonds. The van der Waals surface area contributed by atoms with Gasteiger partial charge in [-0.3, -0.25) is 4.79 Å². The van der Waals surface area contributed by atoms with E-state index in [1.54, 1.807) is 0 Å². The Morgan fingerprint density at radius 1 is 0.833 bits per heavy atom. The molecular weight excluding hydrogens is 224 g/mol. The molecule has 106 valence electrons. The second-order valence-corrected chi connectivity index (χ2v) is 5.91. The Labute approximate surface area is 112 Å². The van der Waals surface area contributed by atoms with Gasteiger partial charge in [-0.05, 0) is 12.3 Å². The molecule has 0 aromatic rings. The summed E-state index contributed by atoms with van der Waals surface area (Å²) < 4.78 is 0. The van der Waals surface area contributed by atoms with E-state index in [2.05, 4.69) is 0 Å². The molecule has 1 aliphatic carbocycles. The quantitative estimate of drug-likeness (QED) is 0.607. The zero-order valence-electron chi connectivity index (χ0n) is 11.8. The van der Waals surface area contributed by atoms with E-state index in [1.165, 1.54) is 70.6 Å². The van der Waals surface area contributed by atoms with Gasteiger partial charge in [0.15, 0.2) is 0 Å². The summed E-state index contributed by atoms with van der Waals surface area (Å²) in [5.41, 5.74) is 0. The van der Waals surface area contributed by atoms with E-state index in [-0.39, 0.29) is 0 Å². The maximum Gasteiger partial charge on any atom is 0.303 e. The van der Waals surface area contributed by atoms with Crippen LogP contribution >= 0.6 is 0 Å². The first kappa shape index (κ1) is 15.5. The van der Waals surface area contributed by atoms with Crippen LogP contribution in [0.4, 0.5) is 0 Å². The van der Waals surface area contributed by atoms with Crippen molar-refractivity contribution in [2.24, 2.45) is 5.92 Å². The lowest BCUT2D eigenvalue weighted by molar-refractivity contribution is -0.137. The first-order chi connectivity index (χ1) is 8.79. The van der Waals surface area contributed by atoms with E-state index < -0.39 is 5.97 Å². The molecule has 2 nitrogen and oxygen atoms in total. The highest BCUT2D eigenvalue weighted by molar-refractivity contribution is 5.66. The van der Waals surface area contributed by atoms with Gasteiger partial charge in [0, 0.05) is 6.42 Å². The van der Waals surface area contributed by atoms with Gasteiger partial charge in [-0.25, -0.2) is 0 Å². The molecule has 1 saturated carbocycles. The van der Waals surface area contributed by atoms with Crippen molar-refractivity contribution in [3.05, 3.63) is 0 Å². The average molecular weight is 254 g/mol. The minimum absolute atomic E-state index is 0.350. The predicted molar refractivity (Wildman–Crippen MR) is 75.8 cm³/mol. The molecular formula is C16H30O2. The predicted octanol–water partition coefficient (Wildman–Crippen LogP) is 5.16. The molecule has 0 atom stereocenters. The Hall–Kier alpha value is -0.530. The SMILES string of the molecule is O=C(O)CCCCCCCC1CCCCCCC1. The van der Waals surface area contributed by atoms with E-state index in [9.17, 15) is 4.79 Å². The molecule has 0 aromatic heterocycles. The van der Waals surface area contributed by atoms with Crippen LogP contribution in [0.5, 0.6) is 0 Å². The minimum Gasteiger partial charge on any atom is -0.481 e. The third kappa shape index (κ3) is 8.54. The summed E-state index contributed by atoms with van der Waals surface area (Å²) >= 11 is 0. The largest absolute Gasteiger partial charge is 0.481 e. The summed E-state index contributed by atoms with van der Waals surface area (Å²) in [5.74, 6) is 0.342. The maximum absolute atomic E-state index is 10.4. The summed E-state index contributed by atoms with van der Waals surface area (Å²) in [6, 6.07) is 0. The molecule has 1 fully saturated rings. The standard InChI is InChI=1S/C16H30O2/c17-16(18)14-10-6-2-5-9-13-15-11-7-3-1-4-8-12-15/h15H,1-14H2,(H,17,18). The summed E-state index contributed by atoms with van der Waals surface area (Å²) in [6.45, 7) is 0. The van der Waals surface area contributed by atoms with Crippen molar-refractivity contribution in [1.29, 1.82) is 0 Å². The lowest BCUT2D eigenvalue weighted by Gasteiger charge is -2.19. The molecule has 18 heavy (non-hydrogen) atoms. The van der Waals surface area contributed by atoms with Crippen LogP contribution in [0, 0.1) is 5.92 Å². The molecule has 0 saturated heterocycles. The van der Waals surface area contributed by atoms with Gasteiger partial charge >= 0.3 is 5.97 Å². The maximum atomic E-state index is 10.4. The first-order valence-corrected chi connectivity index (χ1v) is 8.01. The van der Waals surface area contributed by atoms with Crippen LogP contribution in [-0.2, 0) is 4.79 Å². The molecule has 2 heteroatoms. The monoisotopic (exact) mass is 254 g/mol. The van der Waals surface area contributed by atoms with Gasteiger partial charge in [-0.15, -0.1) is 0 Å². The Morgan fingerprint density at radius 3 is 2.06 bits per heavy atom. The van der Waals surface area contributed by atoms with Crippen LogP contribution in [-0.4, -0.2) is 11.1 Å². The molecule has 0 unspecified atom stereocenters. The van der Waals surface area contributed by atoms with Crippen LogP contribution < -0.4 is 0 Å². The van der Waals surface area contributed by atoms with Gasteiger partial charge < -0.3 is 5.11 Å². The number of unbranched alkanes of at least 4 members (excludes halogenated alkanes) is 4. The molecule has 0 spiro atoms. The van der Waals surface area contributed by atoms with Crippen LogP contribution in [0.25, 0.3) is 0 Å². The number of carboxylic acids is 1. The second kappa shape index (κ2) is 10.4. The average Bonchev–Trinajstić information content (AvgIpc) is 2.29. The summed E-state index contributed by atoms with van der Waals surface area (Å²) in [7, 11) is 0. The second-order valence-electron chi connectivity index (χ2n) is 5.91. The fraction of sp³-hybridized carbons (Fsp3) is 0.938. The fourth-order valence-electron chi connectivity index (χ4n) is 3.07. The van der Waals surface area contributed by atoms with Crippen LogP contribution in [0.3, 0.4) is 0 Å². The van der Waals surface area contributed by atoms with Gasteiger partial charge in [-0.2, -0.15) is 0 Å². The molecule has 0 bridgehead atoms. The zero-order chi connectivity index (χ0) is 13.1. The Morgan fingerprint density at radius 2 is 1.39 bits per heavy atom. The molecule has 0 radical (unpaired) electrons. The lowest BCUT2D eigenvalue weighted by Crippen LogP contribution is -2.03. The Balaban J connectivity index is 1.91. The minimum atomic E-state index is -0.649. The number of rotatable bonds is 8. The summed E-state index contributed by atoms with van der Waals surface area (Å²) in [4.78, 5) is 10.4. The van der Waals surface area contributed by atoms with Crippen LogP contribution in [0.1, 0.15) is 89.9 Å². The van der Waals surface area contributed by atoms with Gasteiger partial charge in [-0.1, -0.05) is 77.0 Å². The van der Waals surface area contributed by atoms with Crippen molar-refractivity contribution in [2.45, 2.75) is 89.9 Å². The third-order valence-corrected chi connectivity index (χ3v) is 4.23. The van der Waals surface area contributed by atoms with E-state index >= 15 is 0 Å². The third-order valence-electron chi connectivity index (χ3n) is 4.23. The topological polar surface area (TPSA) is 37.3 Å². The van der Waals surface area contributed by atoms with Crippen molar-refractivity contribution in [3.8, 4) is 0 Å². The van der Waals surface area contributed by atoms with E-state index in [0.717, 1.165) is 18.8 Å². The number of hydrogen-bond donors (Lipinski definition) is 1. The summed E-state index contributed by atoms with van der Waals surface area (Å²) in [5, 5.41) is 8.54. The van der Waals surface area contributed by atoms with Crippen LogP contribution in [0.15, 0.2) is 0 Å². The molecule has 0 heterocycles. The van der Waals surface area contributed by atoms with Gasteiger partial charge in [0.1, 0.15) is 0 Å². The molecule has 0 aromatic carbocycles. The van der Waals surface area contributed by atoms with E-state index in [1.807, 2.05) is 0 Å². The van der Waals surface area contributed by atoms with E-state index in [4.69, 9.17) is 5.11 Å². The highest BCUT2D eigenvalue weighted by Crippen LogP contribution is 2.26. The highest BCUT2D eigenvalue weighted by atomic mass is 16.4. The Bertz CT molecular complexity index is 205. The summed E-state index contributed by atoms with van der Waals surface area (Å²) in [6.07, 6.45) is 17.8. The first-order valence-electron chi connectivity index (χ1n) is 8.01. The van der Waals surface area contributed by atoms with Gasteiger partial charge in [0.25, 0.3) is 0 Å². The smallest absolute Gasteiger partial charge is 0.303 e. The lowest BCUT2D eigenvalue weighted by atomic mass is 9.87. The van der Waals surface area contributed by atoms with Crippen molar-refractivity contribution >= 4 is 5.97 Å². The number of carboxylic acid groups (broad SMARTS) is 1. The number of hydrogen-bond acceptors (Lipinski definition) is 1. The van der Waals surface area contributed by atoms with Crippen LogP contribution in [0.2, 0.25) is 0 Å². The van der Waals surface area contributed by atoms with Crippen molar-refractivity contribution in [2.75, 3.05) is 0 Å². The number of carbonyl (C=O) groups is 1. The van der Waals surface area contributed by atoms with Gasteiger partial charge in [0.05, 0.1) is 0 Å². The van der Waals surface area contributed by atoms with Crippen molar-refractivity contribution in [1.82, 2.24) is 0 Å². The Kier molecular flexibility index (Phi) is 8.97. The molecule has 0 aliphatic heterocycles. The normalized spacial score (nSPS) is 18.2. The van der Waals surface area contributed by atoms with Gasteiger partial charge in [0.2, 0.25) is 0 Å². The van der Waals surface area contributed by atoms with E-state index in [0.29, 0.717) is 6.42 Å². The molecule has 1 N–H and O–H groups in total. The zero-order valence-corrected chi connectivity index (χ0v) is 11.8. The highest BCUT2D eigenvalue weighted by Gasteiger charge is 2.10. The van der Waals surface area contributed by atoms with Crippen molar-refractivity contribution < 1.29 is 9.90 Å². The molecule has 1 rings (SSSR count). The van der Waals surface area contributed by atoms with Crippen molar-refractivity contribution in [3.63, 3.8) is 0 Å².